The first kappa shape index (κ1) is 20.7. The van der Waals surface area contributed by atoms with Crippen LogP contribution >= 0.6 is 0 Å². The number of aromatic nitrogens is 2. The normalized spacial score (nSPS) is 13.3. The van der Waals surface area contributed by atoms with Gasteiger partial charge < -0.3 is 4.90 Å². The van der Waals surface area contributed by atoms with Gasteiger partial charge in [0.15, 0.2) is 0 Å². The minimum Gasteiger partial charge on any atom is -0.371 e. The third kappa shape index (κ3) is 4.32. The van der Waals surface area contributed by atoms with Gasteiger partial charge in [0.2, 0.25) is 5.95 Å². The van der Waals surface area contributed by atoms with Crippen molar-refractivity contribution < 1.29 is 4.92 Å². The highest BCUT2D eigenvalue weighted by Gasteiger charge is 2.18. The highest BCUT2D eigenvalue weighted by atomic mass is 16.6. The van der Waals surface area contributed by atoms with Gasteiger partial charge in [0, 0.05) is 42.0 Å². The largest absolute Gasteiger partial charge is 0.371 e. The van der Waals surface area contributed by atoms with Crippen LogP contribution in [0.25, 0.3) is 11.3 Å². The van der Waals surface area contributed by atoms with Gasteiger partial charge in [-0.2, -0.15) is 10.4 Å². The molecule has 1 fully saturated rings. The number of hydrogen-bond acceptors (Lipinski definition) is 8. The van der Waals surface area contributed by atoms with Gasteiger partial charge in [-0.3, -0.25) is 19.9 Å². The van der Waals surface area contributed by atoms with E-state index in [9.17, 15) is 20.2 Å². The molecule has 0 atom stereocenters. The number of hydrazone groups is 1. The fourth-order valence-electron chi connectivity index (χ4n) is 3.60. The molecule has 2 N–H and O–H groups in total. The molecule has 3 aromatic rings. The molecule has 1 aliphatic heterocycles. The lowest BCUT2D eigenvalue weighted by Crippen LogP contribution is -2.19. The monoisotopic (exact) mass is 429 g/mol. The maximum Gasteiger partial charge on any atom is 0.270 e. The SMILES string of the molecule is N#Cc1c(-c2ccccc2)nc(NN=Cc2cc([N+](=O)[O-])ccc2N2CCCC2)[nH]c1=O. The number of nitro groups is 1. The maximum absolute atomic E-state index is 12.4. The summed E-state index contributed by atoms with van der Waals surface area (Å²) in [7, 11) is 0. The number of non-ortho nitro benzene ring substituents is 1. The third-order valence-corrected chi connectivity index (χ3v) is 5.12. The minimum absolute atomic E-state index is 0.0364. The lowest BCUT2D eigenvalue weighted by atomic mass is 10.1. The molecule has 10 heteroatoms. The Labute approximate surface area is 183 Å². The van der Waals surface area contributed by atoms with Crippen LogP contribution in [-0.4, -0.2) is 34.2 Å². The average Bonchev–Trinajstić information content (AvgIpc) is 3.34. The van der Waals surface area contributed by atoms with Crippen LogP contribution in [-0.2, 0) is 0 Å². The van der Waals surface area contributed by atoms with Crippen molar-refractivity contribution >= 4 is 23.5 Å². The Balaban J connectivity index is 1.65. The van der Waals surface area contributed by atoms with Crippen LogP contribution in [0.2, 0.25) is 0 Å². The summed E-state index contributed by atoms with van der Waals surface area (Å²) >= 11 is 0. The predicted octanol–water partition coefficient (Wildman–Crippen LogP) is 3.26. The van der Waals surface area contributed by atoms with Gasteiger partial charge >= 0.3 is 0 Å². The predicted molar refractivity (Wildman–Crippen MR) is 121 cm³/mol. The van der Waals surface area contributed by atoms with Gasteiger partial charge in [-0.05, 0) is 18.9 Å². The Hall–Kier alpha value is -4.52. The summed E-state index contributed by atoms with van der Waals surface area (Å²) in [5.41, 5.74) is 4.23. The Kier molecular flexibility index (Phi) is 5.89. The second-order valence-electron chi connectivity index (χ2n) is 7.18. The zero-order valence-corrected chi connectivity index (χ0v) is 17.0. The molecule has 2 heterocycles. The first-order valence-corrected chi connectivity index (χ1v) is 9.99. The van der Waals surface area contributed by atoms with E-state index in [1.807, 2.05) is 12.1 Å². The Bertz CT molecular complexity index is 1270. The molecule has 0 saturated carbocycles. The van der Waals surface area contributed by atoms with Crippen molar-refractivity contribution in [3.63, 3.8) is 0 Å². The topological polar surface area (TPSA) is 140 Å². The number of H-pyrrole nitrogens is 1. The molecule has 0 aliphatic carbocycles. The smallest absolute Gasteiger partial charge is 0.270 e. The average molecular weight is 429 g/mol. The van der Waals surface area contributed by atoms with Gasteiger partial charge in [0.25, 0.3) is 11.2 Å². The van der Waals surface area contributed by atoms with E-state index in [4.69, 9.17) is 0 Å². The van der Waals surface area contributed by atoms with E-state index in [0.717, 1.165) is 31.6 Å². The molecule has 1 saturated heterocycles. The number of nitriles is 1. The number of rotatable bonds is 6. The fraction of sp³-hybridized carbons (Fsp3) is 0.182. The van der Waals surface area contributed by atoms with E-state index >= 15 is 0 Å². The van der Waals surface area contributed by atoms with Crippen LogP contribution in [0, 0.1) is 21.4 Å². The minimum atomic E-state index is -0.591. The highest BCUT2D eigenvalue weighted by molar-refractivity contribution is 5.89. The summed E-state index contributed by atoms with van der Waals surface area (Å²) in [4.78, 5) is 32.1. The molecule has 2 aromatic carbocycles. The highest BCUT2D eigenvalue weighted by Crippen LogP contribution is 2.27. The summed E-state index contributed by atoms with van der Waals surface area (Å²) < 4.78 is 0. The van der Waals surface area contributed by atoms with Crippen molar-refractivity contribution in [1.82, 2.24) is 9.97 Å². The molecular weight excluding hydrogens is 410 g/mol. The van der Waals surface area contributed by atoms with Gasteiger partial charge in [0.1, 0.15) is 11.6 Å². The van der Waals surface area contributed by atoms with Crippen LogP contribution in [0.3, 0.4) is 0 Å². The van der Waals surface area contributed by atoms with E-state index < -0.39 is 10.5 Å². The van der Waals surface area contributed by atoms with E-state index in [1.54, 1.807) is 30.3 Å². The molecule has 160 valence electrons. The standard InChI is InChI=1S/C22H19N7O3/c23-13-18-20(15-6-2-1-3-7-15)25-22(26-21(18)30)27-24-14-16-12-17(29(31)32)8-9-19(16)28-10-4-5-11-28/h1-3,6-9,12,14H,4-5,10-11H2,(H2,25,26,27,30). The Morgan fingerprint density at radius 2 is 1.97 bits per heavy atom. The summed E-state index contributed by atoms with van der Waals surface area (Å²) in [6.45, 7) is 1.74. The first-order chi connectivity index (χ1) is 15.6. The number of aromatic amines is 1. The lowest BCUT2D eigenvalue weighted by Gasteiger charge is -2.19. The molecule has 32 heavy (non-hydrogen) atoms. The molecule has 0 unspecified atom stereocenters. The van der Waals surface area contributed by atoms with Crippen LogP contribution in [0.5, 0.6) is 0 Å². The number of benzene rings is 2. The van der Waals surface area contributed by atoms with E-state index in [0.29, 0.717) is 11.1 Å². The molecule has 0 radical (unpaired) electrons. The number of anilines is 2. The Morgan fingerprint density at radius 3 is 2.66 bits per heavy atom. The third-order valence-electron chi connectivity index (χ3n) is 5.12. The van der Waals surface area contributed by atoms with Crippen LogP contribution in [0.4, 0.5) is 17.3 Å². The molecule has 1 aromatic heterocycles. The summed E-state index contributed by atoms with van der Waals surface area (Å²) in [6.07, 6.45) is 3.58. The molecule has 4 rings (SSSR count). The summed E-state index contributed by atoms with van der Waals surface area (Å²) in [5, 5.41) is 24.7. The number of nitrogens with zero attached hydrogens (tertiary/aromatic N) is 5. The van der Waals surface area contributed by atoms with Crippen molar-refractivity contribution in [2.45, 2.75) is 12.8 Å². The van der Waals surface area contributed by atoms with Crippen molar-refractivity contribution in [1.29, 1.82) is 5.26 Å². The zero-order valence-electron chi connectivity index (χ0n) is 17.0. The van der Waals surface area contributed by atoms with Crippen LogP contribution in [0.15, 0.2) is 58.4 Å². The second kappa shape index (κ2) is 9.09. The lowest BCUT2D eigenvalue weighted by molar-refractivity contribution is -0.384. The van der Waals surface area contributed by atoms with Crippen LogP contribution < -0.4 is 15.9 Å². The zero-order chi connectivity index (χ0) is 22.5. The van der Waals surface area contributed by atoms with E-state index in [1.165, 1.54) is 18.3 Å². The molecule has 0 bridgehead atoms. The molecular formula is C22H19N7O3. The summed E-state index contributed by atoms with van der Waals surface area (Å²) in [6, 6.07) is 15.4. The van der Waals surface area contributed by atoms with Gasteiger partial charge in [-0.25, -0.2) is 10.4 Å². The van der Waals surface area contributed by atoms with Gasteiger partial charge in [0.05, 0.1) is 16.8 Å². The van der Waals surface area contributed by atoms with Crippen LogP contribution in [0.1, 0.15) is 24.0 Å². The van der Waals surface area contributed by atoms with Crippen molar-refractivity contribution in [2.75, 3.05) is 23.4 Å². The number of nitrogens with one attached hydrogen (secondary N) is 2. The van der Waals surface area contributed by atoms with Crippen molar-refractivity contribution in [2.24, 2.45) is 5.10 Å². The second-order valence-corrected chi connectivity index (χ2v) is 7.18. The summed E-state index contributed by atoms with van der Waals surface area (Å²) in [5.74, 6) is 0.0530. The fourth-order valence-corrected chi connectivity index (χ4v) is 3.60. The quantitative estimate of drug-likeness (QED) is 0.348. The van der Waals surface area contributed by atoms with Crippen molar-refractivity contribution in [3.8, 4) is 17.3 Å². The van der Waals surface area contributed by atoms with E-state index in [-0.39, 0.29) is 22.9 Å². The van der Waals surface area contributed by atoms with Crippen molar-refractivity contribution in [3.05, 3.63) is 80.1 Å². The number of hydrogen-bond donors (Lipinski definition) is 2. The first-order valence-electron chi connectivity index (χ1n) is 9.99. The molecule has 10 nitrogen and oxygen atoms in total. The maximum atomic E-state index is 12.4. The van der Waals surface area contributed by atoms with Gasteiger partial charge in [-0.1, -0.05) is 30.3 Å². The molecule has 1 aliphatic rings. The molecule has 0 amide bonds. The number of nitro benzene ring substituents is 1. The Morgan fingerprint density at radius 1 is 1.22 bits per heavy atom. The van der Waals surface area contributed by atoms with E-state index in [2.05, 4.69) is 25.4 Å². The van der Waals surface area contributed by atoms with Gasteiger partial charge in [-0.15, -0.1) is 0 Å². The molecule has 0 spiro atoms.